The number of alkyl halides is 3. The van der Waals surface area contributed by atoms with Gasteiger partial charge in [0, 0.05) is 30.9 Å². The van der Waals surface area contributed by atoms with E-state index in [0.29, 0.717) is 41.1 Å². The number of aryl methyl sites for hydroxylation is 2. The number of hydrogen-bond donors (Lipinski definition) is 0. The Hall–Kier alpha value is -4.09. The molecule has 0 saturated heterocycles. The Bertz CT molecular complexity index is 1480. The fourth-order valence-corrected chi connectivity index (χ4v) is 4.13. The lowest BCUT2D eigenvalue weighted by atomic mass is 10.1. The zero-order valence-electron chi connectivity index (χ0n) is 20.9. The van der Waals surface area contributed by atoms with Gasteiger partial charge in [-0.05, 0) is 37.0 Å². The molecule has 1 aliphatic rings. The van der Waals surface area contributed by atoms with E-state index < -0.39 is 17.7 Å². The van der Waals surface area contributed by atoms with Gasteiger partial charge < -0.3 is 14.0 Å². The van der Waals surface area contributed by atoms with Crippen LogP contribution in [-0.4, -0.2) is 36.6 Å². The number of aromatic nitrogens is 6. The van der Waals surface area contributed by atoms with Crippen LogP contribution in [0, 0.1) is 5.82 Å². The molecule has 12 heteroatoms. The Balaban J connectivity index is 1.41. The summed E-state index contributed by atoms with van der Waals surface area (Å²) in [6.07, 6.45) is 1.96. The third kappa shape index (κ3) is 5.02. The summed E-state index contributed by atoms with van der Waals surface area (Å²) in [5, 5.41) is 0. The summed E-state index contributed by atoms with van der Waals surface area (Å²) in [5.41, 5.74) is 1.54. The number of nitrogens with zero attached hydrogens (tertiary/aromatic N) is 6. The lowest BCUT2D eigenvalue weighted by Gasteiger charge is -2.14. The Morgan fingerprint density at radius 1 is 1.08 bits per heavy atom. The molecule has 0 N–H and O–H groups in total. The molecule has 1 aromatic carbocycles. The Morgan fingerprint density at radius 2 is 1.87 bits per heavy atom. The van der Waals surface area contributed by atoms with Crippen LogP contribution in [0.4, 0.5) is 17.6 Å². The summed E-state index contributed by atoms with van der Waals surface area (Å²) in [7, 11) is 2.90. The van der Waals surface area contributed by atoms with Crippen molar-refractivity contribution in [2.24, 2.45) is 7.05 Å². The number of imidazole rings is 1. The highest BCUT2D eigenvalue weighted by Crippen LogP contribution is 2.45. The number of halogens is 4. The molecule has 0 atom stereocenters. The Kier molecular flexibility index (Phi) is 6.72. The van der Waals surface area contributed by atoms with E-state index in [1.165, 1.54) is 32.6 Å². The van der Waals surface area contributed by atoms with Crippen molar-refractivity contribution in [1.82, 2.24) is 29.5 Å². The minimum absolute atomic E-state index is 0.0209. The summed E-state index contributed by atoms with van der Waals surface area (Å²) < 4.78 is 66.6. The van der Waals surface area contributed by atoms with Crippen molar-refractivity contribution in [2.45, 2.75) is 44.9 Å². The lowest BCUT2D eigenvalue weighted by Crippen LogP contribution is -2.06. The highest BCUT2D eigenvalue weighted by atomic mass is 19.4. The van der Waals surface area contributed by atoms with Crippen LogP contribution in [0.1, 0.15) is 48.2 Å². The zero-order valence-corrected chi connectivity index (χ0v) is 20.9. The molecule has 0 amide bonds. The molecule has 198 valence electrons. The topological polar surface area (TPSA) is 87.8 Å². The van der Waals surface area contributed by atoms with E-state index in [1.807, 2.05) is 6.92 Å². The second-order valence-corrected chi connectivity index (χ2v) is 8.96. The normalized spacial score (nSPS) is 13.6. The summed E-state index contributed by atoms with van der Waals surface area (Å²) in [6, 6.07) is 4.17. The molecule has 0 radical (unpaired) electrons. The maximum atomic E-state index is 14.9. The first kappa shape index (κ1) is 25.6. The molecule has 3 aromatic heterocycles. The molecular weight excluding hydrogens is 504 g/mol. The number of hydrogen-bond acceptors (Lipinski definition) is 7. The molecule has 5 rings (SSSR count). The second kappa shape index (κ2) is 9.99. The first-order valence-electron chi connectivity index (χ1n) is 12.0. The SMILES string of the molecule is CCc1cnc(-c2c(OC)ncnc2C2CC2)nc1OCc1ccc(-c2nc(C(F)(F)F)cn2C)c(F)c1. The fraction of sp³-hybridized carbons (Fsp3) is 0.346. The molecule has 0 spiro atoms. The highest BCUT2D eigenvalue weighted by molar-refractivity contribution is 5.66. The van der Waals surface area contributed by atoms with Gasteiger partial charge in [-0.25, -0.2) is 24.3 Å². The second-order valence-electron chi connectivity index (χ2n) is 8.96. The maximum absolute atomic E-state index is 14.9. The molecule has 38 heavy (non-hydrogen) atoms. The van der Waals surface area contributed by atoms with Crippen LogP contribution in [-0.2, 0) is 26.3 Å². The summed E-state index contributed by atoms with van der Waals surface area (Å²) in [5.74, 6) is 0.530. The van der Waals surface area contributed by atoms with Gasteiger partial charge >= 0.3 is 6.18 Å². The smallest absolute Gasteiger partial charge is 0.434 e. The van der Waals surface area contributed by atoms with Crippen molar-refractivity contribution in [3.05, 3.63) is 65.3 Å². The van der Waals surface area contributed by atoms with E-state index in [1.54, 1.807) is 12.3 Å². The third-order valence-corrected chi connectivity index (χ3v) is 6.25. The van der Waals surface area contributed by atoms with Crippen molar-refractivity contribution in [2.75, 3.05) is 7.11 Å². The van der Waals surface area contributed by atoms with E-state index in [4.69, 9.17) is 9.47 Å². The van der Waals surface area contributed by atoms with Crippen molar-refractivity contribution in [3.63, 3.8) is 0 Å². The molecule has 3 heterocycles. The Morgan fingerprint density at radius 3 is 2.50 bits per heavy atom. The average molecular weight is 529 g/mol. The van der Waals surface area contributed by atoms with Gasteiger partial charge in [-0.1, -0.05) is 13.0 Å². The molecule has 0 aliphatic heterocycles. The number of benzene rings is 1. The van der Waals surface area contributed by atoms with E-state index in [0.717, 1.165) is 34.9 Å². The van der Waals surface area contributed by atoms with Crippen LogP contribution in [0.25, 0.3) is 22.8 Å². The highest BCUT2D eigenvalue weighted by Gasteiger charge is 2.35. The largest absolute Gasteiger partial charge is 0.480 e. The zero-order chi connectivity index (χ0) is 27.0. The summed E-state index contributed by atoms with van der Waals surface area (Å²) in [6.45, 7) is 1.91. The number of methoxy groups -OCH3 is 1. The van der Waals surface area contributed by atoms with Gasteiger partial charge in [-0.3, -0.25) is 0 Å². The molecule has 8 nitrogen and oxygen atoms in total. The first-order chi connectivity index (χ1) is 18.2. The predicted molar refractivity (Wildman–Crippen MR) is 129 cm³/mol. The molecule has 1 saturated carbocycles. The van der Waals surface area contributed by atoms with Crippen molar-refractivity contribution < 1.29 is 27.0 Å². The van der Waals surface area contributed by atoms with Crippen LogP contribution in [0.5, 0.6) is 11.8 Å². The molecule has 1 fully saturated rings. The standard InChI is InChI=1S/C26H24F4N6O2/c1-4-15-10-31-22(20-21(16-6-7-16)32-13-33-25(20)37-3)35-24(15)38-12-14-5-8-17(18(27)9-14)23-34-19(11-36(23)2)26(28,29)30/h5,8-11,13,16H,4,6-7,12H2,1-3H3. The van der Waals surface area contributed by atoms with Gasteiger partial charge in [0.1, 0.15) is 30.1 Å². The van der Waals surface area contributed by atoms with Crippen LogP contribution >= 0.6 is 0 Å². The number of ether oxygens (including phenoxy) is 2. The Labute approximate surface area is 215 Å². The molecule has 0 bridgehead atoms. The van der Waals surface area contributed by atoms with E-state index in [-0.39, 0.29) is 18.0 Å². The quantitative estimate of drug-likeness (QED) is 0.278. The molecule has 4 aromatic rings. The third-order valence-electron chi connectivity index (χ3n) is 6.25. The van der Waals surface area contributed by atoms with Crippen LogP contribution < -0.4 is 9.47 Å². The van der Waals surface area contributed by atoms with E-state index in [2.05, 4.69) is 24.9 Å². The van der Waals surface area contributed by atoms with E-state index in [9.17, 15) is 17.6 Å². The van der Waals surface area contributed by atoms with Crippen LogP contribution in [0.15, 0.2) is 36.9 Å². The summed E-state index contributed by atoms with van der Waals surface area (Å²) in [4.78, 5) is 21.3. The summed E-state index contributed by atoms with van der Waals surface area (Å²) >= 11 is 0. The van der Waals surface area contributed by atoms with Crippen molar-refractivity contribution in [1.29, 1.82) is 0 Å². The van der Waals surface area contributed by atoms with Gasteiger partial charge in [0.25, 0.3) is 0 Å². The average Bonchev–Trinajstić information content (AvgIpc) is 3.67. The minimum atomic E-state index is -4.62. The van der Waals surface area contributed by atoms with E-state index >= 15 is 0 Å². The van der Waals surface area contributed by atoms with Crippen molar-refractivity contribution >= 4 is 0 Å². The first-order valence-corrected chi connectivity index (χ1v) is 12.0. The molecule has 0 unspecified atom stereocenters. The minimum Gasteiger partial charge on any atom is -0.480 e. The lowest BCUT2D eigenvalue weighted by molar-refractivity contribution is -0.140. The van der Waals surface area contributed by atoms with Gasteiger partial charge in [0.2, 0.25) is 11.8 Å². The fourth-order valence-electron chi connectivity index (χ4n) is 4.13. The maximum Gasteiger partial charge on any atom is 0.434 e. The van der Waals surface area contributed by atoms with Gasteiger partial charge in [-0.15, -0.1) is 0 Å². The predicted octanol–water partition coefficient (Wildman–Crippen LogP) is 5.52. The van der Waals surface area contributed by atoms with Crippen molar-refractivity contribution in [3.8, 4) is 34.5 Å². The van der Waals surface area contributed by atoms with Gasteiger partial charge in [0.15, 0.2) is 11.5 Å². The van der Waals surface area contributed by atoms with Gasteiger partial charge in [-0.2, -0.15) is 18.2 Å². The van der Waals surface area contributed by atoms with Crippen LogP contribution in [0.3, 0.4) is 0 Å². The van der Waals surface area contributed by atoms with Crippen LogP contribution in [0.2, 0.25) is 0 Å². The van der Waals surface area contributed by atoms with Gasteiger partial charge in [0.05, 0.1) is 18.4 Å². The number of rotatable bonds is 8. The molecule has 1 aliphatic carbocycles. The monoisotopic (exact) mass is 528 g/mol. The molecular formula is C26H24F4N6O2.